The Kier molecular flexibility index (Phi) is 3.99. The van der Waals surface area contributed by atoms with Gasteiger partial charge in [0.2, 0.25) is 10.8 Å². The Bertz CT molecular complexity index is 912. The number of nitrogens with zero attached hydrogens (tertiary/aromatic N) is 3. The van der Waals surface area contributed by atoms with Crippen molar-refractivity contribution in [1.29, 1.82) is 0 Å². The smallest absolute Gasteiger partial charge is 0.342 e. The lowest BCUT2D eigenvalue weighted by atomic mass is 10.2. The van der Waals surface area contributed by atoms with Gasteiger partial charge in [0.05, 0.1) is 18.6 Å². The second-order valence-corrected chi connectivity index (χ2v) is 5.12. The monoisotopic (exact) mass is 333 g/mol. The van der Waals surface area contributed by atoms with Gasteiger partial charge in [0.1, 0.15) is 23.3 Å². The van der Waals surface area contributed by atoms with Crippen LogP contribution in [0.1, 0.15) is 35.7 Å². The molecule has 0 atom stereocenters. The molecule has 3 aromatic rings. The molecular formula is C15H15N3O4S. The van der Waals surface area contributed by atoms with Crippen molar-refractivity contribution in [3.63, 3.8) is 0 Å². The molecule has 3 aromatic heterocycles. The predicted molar refractivity (Wildman–Crippen MR) is 86.8 cm³/mol. The number of thiocarbonyl (C=S) groups is 1. The standard InChI is InChI=1S/C15H15N3O4S/c1-4-20-14(19)9-7-22-13-11(9)12-17-10(15(23)21-5-2)6-18(12)8(3)16-13/h6-7H,4-5H2,1-3H3. The lowest BCUT2D eigenvalue weighted by molar-refractivity contribution is 0.0527. The molecule has 0 fully saturated rings. The molecule has 120 valence electrons. The first-order valence-electron chi connectivity index (χ1n) is 7.18. The zero-order valence-corrected chi connectivity index (χ0v) is 13.8. The normalized spacial score (nSPS) is 11.1. The third-order valence-electron chi connectivity index (χ3n) is 3.29. The van der Waals surface area contributed by atoms with Gasteiger partial charge in [-0.05, 0) is 33.0 Å². The van der Waals surface area contributed by atoms with E-state index in [4.69, 9.17) is 26.1 Å². The molecule has 23 heavy (non-hydrogen) atoms. The number of ether oxygens (including phenoxy) is 2. The molecule has 0 saturated heterocycles. The zero-order chi connectivity index (χ0) is 16.6. The van der Waals surface area contributed by atoms with E-state index in [2.05, 4.69) is 9.97 Å². The molecule has 0 saturated carbocycles. The number of aromatic nitrogens is 3. The lowest BCUT2D eigenvalue weighted by Gasteiger charge is -2.01. The number of rotatable bonds is 4. The van der Waals surface area contributed by atoms with Gasteiger partial charge < -0.3 is 13.9 Å². The van der Waals surface area contributed by atoms with Crippen LogP contribution in [0, 0.1) is 6.92 Å². The van der Waals surface area contributed by atoms with Crippen molar-refractivity contribution in [2.75, 3.05) is 13.2 Å². The minimum atomic E-state index is -0.476. The van der Waals surface area contributed by atoms with Crippen LogP contribution in [0.4, 0.5) is 0 Å². The zero-order valence-electron chi connectivity index (χ0n) is 13.0. The number of fused-ring (bicyclic) bond motifs is 3. The average Bonchev–Trinajstić information content (AvgIpc) is 3.11. The second-order valence-electron chi connectivity index (χ2n) is 4.75. The number of hydrogen-bond acceptors (Lipinski definition) is 7. The number of carbonyl (C=O) groups is 1. The minimum Gasteiger partial charge on any atom is -0.482 e. The van der Waals surface area contributed by atoms with Crippen molar-refractivity contribution in [3.05, 3.63) is 29.5 Å². The summed E-state index contributed by atoms with van der Waals surface area (Å²) in [7, 11) is 0. The first kappa shape index (κ1) is 15.4. The van der Waals surface area contributed by atoms with Crippen LogP contribution in [0.25, 0.3) is 16.7 Å². The van der Waals surface area contributed by atoms with Gasteiger partial charge in [-0.3, -0.25) is 4.40 Å². The number of esters is 1. The van der Waals surface area contributed by atoms with Crippen molar-refractivity contribution in [2.45, 2.75) is 20.8 Å². The molecule has 0 N–H and O–H groups in total. The Morgan fingerprint density at radius 1 is 1.30 bits per heavy atom. The number of furan rings is 1. The molecule has 0 aliphatic carbocycles. The summed E-state index contributed by atoms with van der Waals surface area (Å²) in [6.45, 7) is 6.14. The maximum atomic E-state index is 12.1. The Labute approximate surface area is 137 Å². The summed E-state index contributed by atoms with van der Waals surface area (Å²) in [5.74, 6) is 0.186. The van der Waals surface area contributed by atoms with E-state index in [1.807, 2.05) is 13.8 Å². The molecule has 0 aliphatic heterocycles. The van der Waals surface area contributed by atoms with Gasteiger partial charge in [0, 0.05) is 6.20 Å². The summed E-state index contributed by atoms with van der Waals surface area (Å²) < 4.78 is 17.5. The Balaban J connectivity index is 2.25. The van der Waals surface area contributed by atoms with Gasteiger partial charge in [0.25, 0.3) is 0 Å². The van der Waals surface area contributed by atoms with E-state index in [1.165, 1.54) is 6.26 Å². The number of hydrogen-bond donors (Lipinski definition) is 0. The molecule has 0 aliphatic rings. The van der Waals surface area contributed by atoms with Crippen molar-refractivity contribution in [2.24, 2.45) is 0 Å². The van der Waals surface area contributed by atoms with Gasteiger partial charge in [-0.15, -0.1) is 0 Å². The highest BCUT2D eigenvalue weighted by molar-refractivity contribution is 7.80. The summed E-state index contributed by atoms with van der Waals surface area (Å²) in [6, 6.07) is 0. The minimum absolute atomic E-state index is 0.273. The van der Waals surface area contributed by atoms with Crippen LogP contribution in [0.3, 0.4) is 0 Å². The number of imidazole rings is 1. The Hall–Kier alpha value is -2.48. The highest BCUT2D eigenvalue weighted by atomic mass is 32.1. The first-order valence-corrected chi connectivity index (χ1v) is 7.58. The van der Waals surface area contributed by atoms with E-state index in [0.717, 1.165) is 0 Å². The van der Waals surface area contributed by atoms with E-state index in [0.29, 0.717) is 45.5 Å². The fourth-order valence-electron chi connectivity index (χ4n) is 2.31. The largest absolute Gasteiger partial charge is 0.482 e. The average molecular weight is 333 g/mol. The van der Waals surface area contributed by atoms with E-state index < -0.39 is 5.97 Å². The van der Waals surface area contributed by atoms with Crippen LogP contribution in [0.15, 0.2) is 16.9 Å². The SMILES string of the molecule is CCOC(=O)c1coc2nc(C)n3cc(C(=S)OCC)nc3c12. The fourth-order valence-corrected chi connectivity index (χ4v) is 2.53. The quantitative estimate of drug-likeness (QED) is 0.536. The van der Waals surface area contributed by atoms with E-state index in [-0.39, 0.29) is 6.61 Å². The summed E-state index contributed by atoms with van der Waals surface area (Å²) in [5.41, 5.74) is 1.66. The maximum absolute atomic E-state index is 12.1. The molecule has 0 radical (unpaired) electrons. The lowest BCUT2D eigenvalue weighted by Crippen LogP contribution is -2.05. The summed E-state index contributed by atoms with van der Waals surface area (Å²) in [4.78, 5) is 20.9. The fraction of sp³-hybridized carbons (Fsp3) is 0.333. The number of carbonyl (C=O) groups excluding carboxylic acids is 1. The van der Waals surface area contributed by atoms with Crippen LogP contribution < -0.4 is 0 Å². The van der Waals surface area contributed by atoms with Crippen LogP contribution in [-0.2, 0) is 9.47 Å². The summed E-state index contributed by atoms with van der Waals surface area (Å²) in [6.07, 6.45) is 3.07. The molecular weight excluding hydrogens is 318 g/mol. The van der Waals surface area contributed by atoms with Crippen LogP contribution in [0.2, 0.25) is 0 Å². The second kappa shape index (κ2) is 5.96. The van der Waals surface area contributed by atoms with Gasteiger partial charge in [0.15, 0.2) is 5.65 Å². The molecule has 0 unspecified atom stereocenters. The third-order valence-corrected chi connectivity index (χ3v) is 3.62. The van der Waals surface area contributed by atoms with Crippen LogP contribution in [0.5, 0.6) is 0 Å². The highest BCUT2D eigenvalue weighted by Crippen LogP contribution is 2.26. The van der Waals surface area contributed by atoms with E-state index in [9.17, 15) is 4.79 Å². The van der Waals surface area contributed by atoms with Crippen LogP contribution >= 0.6 is 12.2 Å². The van der Waals surface area contributed by atoms with Crippen molar-refractivity contribution < 1.29 is 18.7 Å². The molecule has 0 bridgehead atoms. The van der Waals surface area contributed by atoms with Gasteiger partial charge >= 0.3 is 5.97 Å². The summed E-state index contributed by atoms with van der Waals surface area (Å²) in [5, 5.41) is 0.796. The Morgan fingerprint density at radius 2 is 2.04 bits per heavy atom. The predicted octanol–water partition coefficient (Wildman–Crippen LogP) is 2.67. The highest BCUT2D eigenvalue weighted by Gasteiger charge is 2.22. The molecule has 0 amide bonds. The van der Waals surface area contributed by atoms with Gasteiger partial charge in [-0.25, -0.2) is 9.78 Å². The number of aryl methyl sites for hydroxylation is 1. The van der Waals surface area contributed by atoms with Crippen LogP contribution in [-0.4, -0.2) is 38.6 Å². The van der Waals surface area contributed by atoms with Crippen molar-refractivity contribution >= 4 is 40.0 Å². The van der Waals surface area contributed by atoms with E-state index >= 15 is 0 Å². The molecule has 0 aromatic carbocycles. The first-order chi connectivity index (χ1) is 11.1. The molecule has 0 spiro atoms. The molecule has 7 nitrogen and oxygen atoms in total. The maximum Gasteiger partial charge on any atom is 0.342 e. The van der Waals surface area contributed by atoms with Crippen molar-refractivity contribution in [3.8, 4) is 0 Å². The van der Waals surface area contributed by atoms with E-state index in [1.54, 1.807) is 17.5 Å². The Morgan fingerprint density at radius 3 is 2.74 bits per heavy atom. The molecule has 3 rings (SSSR count). The topological polar surface area (TPSA) is 78.9 Å². The molecule has 3 heterocycles. The van der Waals surface area contributed by atoms with Crippen molar-refractivity contribution in [1.82, 2.24) is 14.4 Å². The molecule has 8 heteroatoms. The third kappa shape index (κ3) is 2.55. The van der Waals surface area contributed by atoms with Gasteiger partial charge in [-0.2, -0.15) is 4.98 Å². The van der Waals surface area contributed by atoms with Gasteiger partial charge in [-0.1, -0.05) is 0 Å². The summed E-state index contributed by atoms with van der Waals surface area (Å²) >= 11 is 5.20.